The van der Waals surface area contributed by atoms with E-state index in [-0.39, 0.29) is 34.9 Å². The molecule has 7 nitrogen and oxygen atoms in total. The summed E-state index contributed by atoms with van der Waals surface area (Å²) in [6.45, 7) is 28.6. The molecule has 0 radical (unpaired) electrons. The van der Waals surface area contributed by atoms with Crippen molar-refractivity contribution >= 4 is 28.6 Å². The Morgan fingerprint density at radius 3 is 1.93 bits per heavy atom. The van der Waals surface area contributed by atoms with Gasteiger partial charge < -0.3 is 18.3 Å². The van der Waals surface area contributed by atoms with Crippen molar-refractivity contribution in [3.8, 4) is 5.75 Å². The van der Waals surface area contributed by atoms with Crippen LogP contribution in [0.15, 0.2) is 48.5 Å². The van der Waals surface area contributed by atoms with Gasteiger partial charge >= 0.3 is 6.09 Å². The molecule has 250 valence electrons. The molecule has 2 amide bonds. The molecular weight excluding hydrogens is 599 g/mol. The van der Waals surface area contributed by atoms with E-state index in [1.807, 2.05) is 63.2 Å². The molecule has 2 aromatic rings. The molecule has 1 heterocycles. The highest BCUT2D eigenvalue weighted by atomic mass is 28.4. The molecule has 1 aliphatic heterocycles. The minimum absolute atomic E-state index is 0.0265. The Bertz CT molecular complexity index is 1320. The Hall–Kier alpha value is -2.47. The smallest absolute Gasteiger partial charge is 0.417 e. The van der Waals surface area contributed by atoms with Gasteiger partial charge in [0.15, 0.2) is 16.6 Å². The summed E-state index contributed by atoms with van der Waals surface area (Å²) in [5.41, 5.74) is 2.24. The van der Waals surface area contributed by atoms with Gasteiger partial charge in [0, 0.05) is 12.3 Å². The van der Waals surface area contributed by atoms with Crippen LogP contribution in [0.25, 0.3) is 0 Å². The van der Waals surface area contributed by atoms with Crippen LogP contribution in [0.4, 0.5) is 4.79 Å². The van der Waals surface area contributed by atoms with E-state index in [2.05, 4.69) is 73.8 Å². The van der Waals surface area contributed by atoms with Crippen LogP contribution >= 0.6 is 0 Å². The maximum absolute atomic E-state index is 13.6. The highest BCUT2D eigenvalue weighted by Crippen LogP contribution is 2.42. The van der Waals surface area contributed by atoms with Crippen LogP contribution in [-0.2, 0) is 31.6 Å². The van der Waals surface area contributed by atoms with Gasteiger partial charge in [-0.2, -0.15) is 0 Å². The number of amides is 2. The zero-order valence-corrected chi connectivity index (χ0v) is 32.0. The molecule has 0 saturated carbocycles. The van der Waals surface area contributed by atoms with Gasteiger partial charge in [-0.15, -0.1) is 0 Å². The van der Waals surface area contributed by atoms with Gasteiger partial charge in [0.25, 0.3) is 0 Å². The summed E-state index contributed by atoms with van der Waals surface area (Å²) in [7, 11) is -4.22. The largest absolute Gasteiger partial charge is 0.489 e. The van der Waals surface area contributed by atoms with E-state index in [1.54, 1.807) is 0 Å². The first-order valence-corrected chi connectivity index (χ1v) is 22.0. The standard InChI is InChI=1S/C36H57NO6Si2/c1-34(2,3)43-33(39)37-31(25-42-45(12,13)36(7,8)9)30(22-32(37)38)28-19-27(24-41-44(10,11)35(4,5)6)20-29(21-28)40-23-26-17-15-14-16-18-26/h14-21,30-31H,22-25H2,1-13H3/t30-,31-/m1/s1. The molecule has 0 bridgehead atoms. The lowest BCUT2D eigenvalue weighted by Gasteiger charge is -2.38. The van der Waals surface area contributed by atoms with E-state index >= 15 is 0 Å². The summed E-state index contributed by atoms with van der Waals surface area (Å²) in [4.78, 5) is 28.4. The van der Waals surface area contributed by atoms with Gasteiger partial charge in [0.2, 0.25) is 5.91 Å². The van der Waals surface area contributed by atoms with Crippen LogP contribution < -0.4 is 4.74 Å². The van der Waals surface area contributed by atoms with Crippen LogP contribution in [0.3, 0.4) is 0 Å². The summed E-state index contributed by atoms with van der Waals surface area (Å²) < 4.78 is 25.4. The number of ether oxygens (including phenoxy) is 2. The fourth-order valence-electron chi connectivity index (χ4n) is 4.66. The van der Waals surface area contributed by atoms with Gasteiger partial charge in [0.1, 0.15) is 18.0 Å². The monoisotopic (exact) mass is 655 g/mol. The fraction of sp³-hybridized carbons (Fsp3) is 0.611. The molecule has 9 heteroatoms. The second-order valence-corrected chi connectivity index (χ2v) is 26.0. The lowest BCUT2D eigenvalue weighted by atomic mass is 9.90. The summed E-state index contributed by atoms with van der Waals surface area (Å²) in [5, 5.41) is 0.0382. The Morgan fingerprint density at radius 2 is 1.38 bits per heavy atom. The highest BCUT2D eigenvalue weighted by Gasteiger charge is 2.48. The first-order chi connectivity index (χ1) is 20.5. The summed E-state index contributed by atoms with van der Waals surface area (Å²) in [6, 6.07) is 15.7. The normalized spacial score (nSPS) is 18.3. The first kappa shape index (κ1) is 37.0. The number of rotatable bonds is 10. The minimum Gasteiger partial charge on any atom is -0.489 e. The number of carbonyl (C=O) groups excluding carboxylic acids is 2. The maximum Gasteiger partial charge on any atom is 0.417 e. The Kier molecular flexibility index (Phi) is 11.3. The molecule has 45 heavy (non-hydrogen) atoms. The third kappa shape index (κ3) is 9.76. The molecule has 1 saturated heterocycles. The second kappa shape index (κ2) is 13.7. The fourth-order valence-corrected chi connectivity index (χ4v) is 6.65. The zero-order valence-electron chi connectivity index (χ0n) is 30.0. The van der Waals surface area contributed by atoms with Crippen molar-refractivity contribution in [3.05, 3.63) is 65.2 Å². The van der Waals surface area contributed by atoms with Crippen molar-refractivity contribution in [1.29, 1.82) is 0 Å². The number of nitrogens with zero attached hydrogens (tertiary/aromatic N) is 1. The molecule has 1 fully saturated rings. The number of imide groups is 1. The second-order valence-electron chi connectivity index (χ2n) is 16.4. The van der Waals surface area contributed by atoms with E-state index in [4.69, 9.17) is 18.3 Å². The molecule has 0 spiro atoms. The number of hydrogen-bond donors (Lipinski definition) is 0. The topological polar surface area (TPSA) is 74.3 Å². The predicted octanol–water partition coefficient (Wildman–Crippen LogP) is 9.43. The molecule has 0 N–H and O–H groups in total. The maximum atomic E-state index is 13.6. The molecule has 2 aromatic carbocycles. The van der Waals surface area contributed by atoms with E-state index < -0.39 is 34.4 Å². The summed E-state index contributed by atoms with van der Waals surface area (Å²) >= 11 is 0. The zero-order chi connectivity index (χ0) is 34.0. The van der Waals surface area contributed by atoms with E-state index in [0.717, 1.165) is 16.7 Å². The Balaban J connectivity index is 2.04. The van der Waals surface area contributed by atoms with E-state index in [9.17, 15) is 9.59 Å². The Morgan fingerprint density at radius 1 is 0.800 bits per heavy atom. The average molecular weight is 656 g/mol. The van der Waals surface area contributed by atoms with E-state index in [1.165, 1.54) is 4.90 Å². The van der Waals surface area contributed by atoms with Crippen molar-refractivity contribution in [2.75, 3.05) is 6.61 Å². The molecule has 1 aliphatic rings. The number of hydrogen-bond acceptors (Lipinski definition) is 6. The van der Waals surface area contributed by atoms with Crippen LogP contribution in [0, 0.1) is 0 Å². The van der Waals surface area contributed by atoms with Gasteiger partial charge in [-0.1, -0.05) is 77.9 Å². The summed E-state index contributed by atoms with van der Waals surface area (Å²) in [5.74, 6) is 0.159. The third-order valence-electron chi connectivity index (χ3n) is 9.54. The predicted molar refractivity (Wildman–Crippen MR) is 187 cm³/mol. The molecule has 2 atom stereocenters. The molecule has 0 aromatic heterocycles. The minimum atomic E-state index is -2.19. The van der Waals surface area contributed by atoms with Gasteiger partial charge in [-0.3, -0.25) is 4.79 Å². The third-order valence-corrected chi connectivity index (χ3v) is 18.5. The van der Waals surface area contributed by atoms with Gasteiger partial charge in [0.05, 0.1) is 19.3 Å². The van der Waals surface area contributed by atoms with Crippen molar-refractivity contribution in [2.45, 2.75) is 136 Å². The lowest BCUT2D eigenvalue weighted by Crippen LogP contribution is -2.49. The summed E-state index contributed by atoms with van der Waals surface area (Å²) in [6.07, 6.45) is -0.452. The molecular formula is C36H57NO6Si2. The van der Waals surface area contributed by atoms with Crippen molar-refractivity contribution in [3.63, 3.8) is 0 Å². The van der Waals surface area contributed by atoms with Crippen LogP contribution in [0.1, 0.15) is 91.3 Å². The number of benzene rings is 2. The molecule has 0 aliphatic carbocycles. The number of carbonyl (C=O) groups is 2. The SMILES string of the molecule is CC(C)(C)OC(=O)N1C(=O)C[C@H](c2cc(CO[Si](C)(C)C(C)(C)C)cc(OCc3ccccc3)c2)[C@H]1CO[Si](C)(C)C(C)(C)C. The van der Waals surface area contributed by atoms with Crippen LogP contribution in [0.5, 0.6) is 5.75 Å². The van der Waals surface area contributed by atoms with Crippen molar-refractivity contribution in [1.82, 2.24) is 4.90 Å². The van der Waals surface area contributed by atoms with Gasteiger partial charge in [-0.25, -0.2) is 9.69 Å². The van der Waals surface area contributed by atoms with Gasteiger partial charge in [-0.05, 0) is 85.9 Å². The van der Waals surface area contributed by atoms with Crippen LogP contribution in [-0.4, -0.2) is 51.8 Å². The van der Waals surface area contributed by atoms with Crippen molar-refractivity contribution < 1.29 is 27.9 Å². The lowest BCUT2D eigenvalue weighted by molar-refractivity contribution is -0.128. The highest BCUT2D eigenvalue weighted by molar-refractivity contribution is 6.74. The quantitative estimate of drug-likeness (QED) is 0.238. The molecule has 3 rings (SSSR count). The molecule has 0 unspecified atom stereocenters. The van der Waals surface area contributed by atoms with Crippen molar-refractivity contribution in [2.24, 2.45) is 0 Å². The average Bonchev–Trinajstić information content (AvgIpc) is 3.24. The van der Waals surface area contributed by atoms with E-state index in [0.29, 0.717) is 19.0 Å². The first-order valence-electron chi connectivity index (χ1n) is 16.1. The Labute approximate surface area is 274 Å². The van der Waals surface area contributed by atoms with Crippen LogP contribution in [0.2, 0.25) is 36.3 Å². The number of likely N-dealkylation sites (tertiary alicyclic amines) is 1.